The van der Waals surface area contributed by atoms with Crippen molar-refractivity contribution in [1.29, 1.82) is 0 Å². The first-order valence-electron chi connectivity index (χ1n) is 7.71. The Morgan fingerprint density at radius 3 is 3.05 bits per heavy atom. The van der Waals surface area contributed by atoms with E-state index < -0.39 is 0 Å². The van der Waals surface area contributed by atoms with Crippen LogP contribution in [0.3, 0.4) is 0 Å². The highest BCUT2D eigenvalue weighted by molar-refractivity contribution is 5.92. The van der Waals surface area contributed by atoms with Gasteiger partial charge in [0.1, 0.15) is 11.6 Å². The Hall–Kier alpha value is -2.17. The second-order valence-electron chi connectivity index (χ2n) is 5.61. The summed E-state index contributed by atoms with van der Waals surface area (Å²) in [6.45, 7) is 2.66. The van der Waals surface area contributed by atoms with Crippen molar-refractivity contribution in [3.8, 4) is 0 Å². The highest BCUT2D eigenvalue weighted by atomic mass is 19.1. The summed E-state index contributed by atoms with van der Waals surface area (Å²) in [5.41, 5.74) is 0.886. The van der Waals surface area contributed by atoms with Gasteiger partial charge in [0.05, 0.1) is 6.04 Å². The van der Waals surface area contributed by atoms with Crippen LogP contribution in [0.5, 0.6) is 0 Å². The Bertz CT molecular complexity index is 668. The minimum atomic E-state index is -0.265. The number of carbonyl (C=O) groups is 1. The zero-order valence-corrected chi connectivity index (χ0v) is 12.6. The number of benzene rings is 1. The second kappa shape index (κ2) is 6.30. The topological polar surface area (TPSA) is 46.3 Å². The molecule has 0 unspecified atom stereocenters. The van der Waals surface area contributed by atoms with Gasteiger partial charge in [-0.3, -0.25) is 4.79 Å². The van der Waals surface area contributed by atoms with E-state index in [1.807, 2.05) is 6.92 Å². The quantitative estimate of drug-likeness (QED) is 0.864. The SMILES string of the molecule is CCCc1cc(C(=O)N2CCC[C@H]2c2ccccc2F)no1. The number of hydrogen-bond donors (Lipinski definition) is 0. The molecule has 0 aliphatic carbocycles. The summed E-state index contributed by atoms with van der Waals surface area (Å²) in [4.78, 5) is 14.3. The average molecular weight is 302 g/mol. The minimum Gasteiger partial charge on any atom is -0.361 e. The van der Waals surface area contributed by atoms with E-state index in [0.717, 1.165) is 25.7 Å². The molecule has 1 aliphatic heterocycles. The van der Waals surface area contributed by atoms with Crippen LogP contribution in [0.1, 0.15) is 54.0 Å². The fourth-order valence-corrected chi connectivity index (χ4v) is 3.00. The van der Waals surface area contributed by atoms with Crippen LogP contribution < -0.4 is 0 Å². The van der Waals surface area contributed by atoms with Crippen molar-refractivity contribution in [2.24, 2.45) is 0 Å². The van der Waals surface area contributed by atoms with Gasteiger partial charge in [0.15, 0.2) is 5.69 Å². The van der Waals surface area contributed by atoms with Crippen LogP contribution in [0.4, 0.5) is 4.39 Å². The van der Waals surface area contributed by atoms with Crippen molar-refractivity contribution in [3.63, 3.8) is 0 Å². The molecule has 22 heavy (non-hydrogen) atoms. The maximum atomic E-state index is 14.0. The zero-order valence-electron chi connectivity index (χ0n) is 12.6. The minimum absolute atomic E-state index is 0.183. The summed E-state index contributed by atoms with van der Waals surface area (Å²) in [6.07, 6.45) is 3.33. The lowest BCUT2D eigenvalue weighted by Gasteiger charge is -2.24. The molecule has 2 aromatic rings. The molecule has 0 N–H and O–H groups in total. The van der Waals surface area contributed by atoms with Gasteiger partial charge in [0, 0.05) is 24.6 Å². The molecule has 3 rings (SSSR count). The van der Waals surface area contributed by atoms with Crippen LogP contribution in [0.15, 0.2) is 34.9 Å². The molecule has 1 saturated heterocycles. The number of rotatable bonds is 4. The highest BCUT2D eigenvalue weighted by Gasteiger charge is 2.33. The average Bonchev–Trinajstić information content (AvgIpc) is 3.16. The number of amides is 1. The largest absolute Gasteiger partial charge is 0.361 e. The summed E-state index contributed by atoms with van der Waals surface area (Å²) in [6, 6.07) is 8.12. The molecule has 1 aromatic carbocycles. The highest BCUT2D eigenvalue weighted by Crippen LogP contribution is 2.34. The summed E-state index contributed by atoms with van der Waals surface area (Å²) in [5, 5.41) is 3.87. The molecule has 1 atom stereocenters. The van der Waals surface area contributed by atoms with Gasteiger partial charge in [-0.25, -0.2) is 4.39 Å². The first kappa shape index (κ1) is 14.8. The fraction of sp³-hybridized carbons (Fsp3) is 0.412. The molecular weight excluding hydrogens is 283 g/mol. The first-order chi connectivity index (χ1) is 10.7. The predicted molar refractivity (Wildman–Crippen MR) is 79.9 cm³/mol. The van der Waals surface area contributed by atoms with Crippen molar-refractivity contribution in [1.82, 2.24) is 10.1 Å². The van der Waals surface area contributed by atoms with Gasteiger partial charge in [-0.2, -0.15) is 0 Å². The van der Waals surface area contributed by atoms with Crippen LogP contribution in [0.2, 0.25) is 0 Å². The monoisotopic (exact) mass is 302 g/mol. The molecule has 0 bridgehead atoms. The van der Waals surface area contributed by atoms with E-state index in [-0.39, 0.29) is 17.8 Å². The van der Waals surface area contributed by atoms with Crippen LogP contribution >= 0.6 is 0 Å². The van der Waals surface area contributed by atoms with Crippen molar-refractivity contribution >= 4 is 5.91 Å². The summed E-state index contributed by atoms with van der Waals surface area (Å²) < 4.78 is 19.2. The van der Waals surface area contributed by atoms with Crippen molar-refractivity contribution < 1.29 is 13.7 Å². The van der Waals surface area contributed by atoms with Crippen LogP contribution in [0.25, 0.3) is 0 Å². The lowest BCUT2D eigenvalue weighted by atomic mass is 10.0. The lowest BCUT2D eigenvalue weighted by molar-refractivity contribution is 0.0723. The summed E-state index contributed by atoms with van der Waals surface area (Å²) >= 11 is 0. The molecule has 0 saturated carbocycles. The molecule has 4 nitrogen and oxygen atoms in total. The van der Waals surface area contributed by atoms with Crippen LogP contribution in [0, 0.1) is 5.82 Å². The number of hydrogen-bond acceptors (Lipinski definition) is 3. The normalized spacial score (nSPS) is 17.9. The number of halogens is 1. The Balaban J connectivity index is 1.83. The van der Waals surface area contributed by atoms with E-state index in [9.17, 15) is 9.18 Å². The third-order valence-electron chi connectivity index (χ3n) is 4.05. The van der Waals surface area contributed by atoms with Crippen molar-refractivity contribution in [3.05, 3.63) is 53.2 Å². The number of aryl methyl sites for hydroxylation is 1. The van der Waals surface area contributed by atoms with Gasteiger partial charge in [0.2, 0.25) is 0 Å². The summed E-state index contributed by atoms with van der Waals surface area (Å²) in [5.74, 6) is 0.267. The number of nitrogens with zero attached hydrogens (tertiary/aromatic N) is 2. The van der Waals surface area contributed by atoms with E-state index in [1.165, 1.54) is 6.07 Å². The van der Waals surface area contributed by atoms with E-state index in [2.05, 4.69) is 5.16 Å². The zero-order chi connectivity index (χ0) is 15.5. The third-order valence-corrected chi connectivity index (χ3v) is 4.05. The molecule has 1 aromatic heterocycles. The van der Waals surface area contributed by atoms with E-state index >= 15 is 0 Å². The Kier molecular flexibility index (Phi) is 4.22. The van der Waals surface area contributed by atoms with E-state index in [4.69, 9.17) is 4.52 Å². The van der Waals surface area contributed by atoms with E-state index in [1.54, 1.807) is 29.2 Å². The van der Waals surface area contributed by atoms with Crippen molar-refractivity contribution in [2.75, 3.05) is 6.54 Å². The summed E-state index contributed by atoms with van der Waals surface area (Å²) in [7, 11) is 0. The standard InChI is InChI=1S/C17H19FN2O2/c1-2-6-12-11-15(19-22-12)17(21)20-10-5-9-16(20)13-7-3-4-8-14(13)18/h3-4,7-8,11,16H,2,5-6,9-10H2,1H3/t16-/m0/s1. The molecule has 0 radical (unpaired) electrons. The number of aromatic nitrogens is 1. The molecule has 1 amide bonds. The van der Waals surface area contributed by atoms with Gasteiger partial charge < -0.3 is 9.42 Å². The molecule has 0 spiro atoms. The van der Waals surface area contributed by atoms with Crippen molar-refractivity contribution in [2.45, 2.75) is 38.6 Å². The first-order valence-corrected chi connectivity index (χ1v) is 7.71. The Labute approximate surface area is 128 Å². The van der Waals surface area contributed by atoms with Gasteiger partial charge in [-0.15, -0.1) is 0 Å². The van der Waals surface area contributed by atoms with E-state index in [0.29, 0.717) is 23.6 Å². The smallest absolute Gasteiger partial charge is 0.276 e. The van der Waals surface area contributed by atoms with Crippen LogP contribution in [-0.4, -0.2) is 22.5 Å². The molecular formula is C17H19FN2O2. The molecule has 116 valence electrons. The van der Waals surface area contributed by atoms with Gasteiger partial charge in [0.25, 0.3) is 5.91 Å². The predicted octanol–water partition coefficient (Wildman–Crippen LogP) is 3.74. The molecule has 5 heteroatoms. The maximum absolute atomic E-state index is 14.0. The number of carbonyl (C=O) groups excluding carboxylic acids is 1. The fourth-order valence-electron chi connectivity index (χ4n) is 3.00. The maximum Gasteiger partial charge on any atom is 0.276 e. The Morgan fingerprint density at radius 1 is 1.45 bits per heavy atom. The van der Waals surface area contributed by atoms with Crippen LogP contribution in [-0.2, 0) is 6.42 Å². The van der Waals surface area contributed by atoms with Gasteiger partial charge >= 0.3 is 0 Å². The third kappa shape index (κ3) is 2.75. The lowest BCUT2D eigenvalue weighted by Crippen LogP contribution is -2.31. The number of likely N-dealkylation sites (tertiary alicyclic amines) is 1. The Morgan fingerprint density at radius 2 is 2.27 bits per heavy atom. The molecule has 1 fully saturated rings. The molecule has 2 heterocycles. The van der Waals surface area contributed by atoms with Gasteiger partial charge in [-0.05, 0) is 25.3 Å². The van der Waals surface area contributed by atoms with Gasteiger partial charge in [-0.1, -0.05) is 30.3 Å². The molecule has 1 aliphatic rings. The second-order valence-corrected chi connectivity index (χ2v) is 5.61.